The van der Waals surface area contributed by atoms with Crippen LogP contribution in [0.2, 0.25) is 0 Å². The first-order valence-corrected chi connectivity index (χ1v) is 11.2. The monoisotopic (exact) mass is 451 g/mol. The van der Waals surface area contributed by atoms with Crippen LogP contribution >= 0.6 is 23.6 Å². The molecule has 9 heteroatoms. The highest BCUT2D eigenvalue weighted by Gasteiger charge is 2.10. The molecule has 2 heterocycles. The molecule has 0 unspecified atom stereocenters. The number of nitrogens with zero attached hydrogens (tertiary/aromatic N) is 3. The summed E-state index contributed by atoms with van der Waals surface area (Å²) in [6.07, 6.45) is 2.68. The van der Waals surface area contributed by atoms with Crippen molar-refractivity contribution in [2.45, 2.75) is 32.2 Å². The number of anilines is 1. The Morgan fingerprint density at radius 3 is 2.65 bits per heavy atom. The lowest BCUT2D eigenvalue weighted by molar-refractivity contribution is -0.116. The van der Waals surface area contributed by atoms with Crippen LogP contribution < -0.4 is 10.9 Å². The Kier molecular flexibility index (Phi) is 6.63. The van der Waals surface area contributed by atoms with Crippen LogP contribution in [-0.2, 0) is 11.3 Å². The Balaban J connectivity index is 1.25. The molecular formula is C22H21N5O2S2. The molecule has 2 aromatic carbocycles. The summed E-state index contributed by atoms with van der Waals surface area (Å²) in [6, 6.07) is 17.1. The van der Waals surface area contributed by atoms with Gasteiger partial charge >= 0.3 is 0 Å². The van der Waals surface area contributed by atoms with E-state index >= 15 is 0 Å². The third-order valence-electron chi connectivity index (χ3n) is 4.87. The van der Waals surface area contributed by atoms with E-state index in [0.717, 1.165) is 35.4 Å². The van der Waals surface area contributed by atoms with Crippen LogP contribution in [0.3, 0.4) is 0 Å². The maximum absolute atomic E-state index is 12.6. The van der Waals surface area contributed by atoms with Crippen molar-refractivity contribution in [2.75, 3.05) is 5.32 Å². The van der Waals surface area contributed by atoms with Gasteiger partial charge in [-0.3, -0.25) is 14.2 Å². The number of benzene rings is 2. The van der Waals surface area contributed by atoms with Crippen molar-refractivity contribution < 1.29 is 4.79 Å². The molecule has 0 fully saturated rings. The third kappa shape index (κ3) is 5.12. The van der Waals surface area contributed by atoms with Crippen molar-refractivity contribution in [1.29, 1.82) is 0 Å². The van der Waals surface area contributed by atoms with E-state index in [1.165, 1.54) is 11.3 Å². The minimum Gasteiger partial charge on any atom is -0.332 e. The lowest BCUT2D eigenvalue weighted by atomic mass is 10.2. The van der Waals surface area contributed by atoms with E-state index in [0.29, 0.717) is 28.3 Å². The second kappa shape index (κ2) is 9.76. The van der Waals surface area contributed by atoms with Crippen LogP contribution in [-0.4, -0.2) is 25.7 Å². The van der Waals surface area contributed by atoms with Gasteiger partial charge in [-0.2, -0.15) is 0 Å². The van der Waals surface area contributed by atoms with Crippen LogP contribution in [0.4, 0.5) is 5.13 Å². The number of H-pyrrole nitrogens is 1. The van der Waals surface area contributed by atoms with Gasteiger partial charge in [-0.1, -0.05) is 60.2 Å². The number of unbranched alkanes of at least 4 members (excludes halogenated alkanes) is 2. The van der Waals surface area contributed by atoms with E-state index in [4.69, 9.17) is 12.2 Å². The van der Waals surface area contributed by atoms with E-state index in [2.05, 4.69) is 20.5 Å². The highest BCUT2D eigenvalue weighted by Crippen LogP contribution is 2.26. The number of aromatic amines is 1. The van der Waals surface area contributed by atoms with Gasteiger partial charge in [-0.15, -0.1) is 10.2 Å². The molecule has 0 aliphatic carbocycles. The molecule has 7 nitrogen and oxygen atoms in total. The number of para-hydroxylation sites is 1. The number of carbonyl (C=O) groups excluding carboxylic acids is 1. The number of nitrogens with one attached hydrogen (secondary N) is 2. The normalized spacial score (nSPS) is 11.0. The SMILES string of the molecule is O=C(CCCCCn1c(=S)[nH]c2ccccc2c1=O)Nc1nnc(-c2ccccc2)s1. The largest absolute Gasteiger partial charge is 0.332 e. The smallest absolute Gasteiger partial charge is 0.262 e. The maximum atomic E-state index is 12.6. The Labute approximate surface area is 187 Å². The van der Waals surface area contributed by atoms with E-state index < -0.39 is 0 Å². The Bertz CT molecular complexity index is 1310. The van der Waals surface area contributed by atoms with Gasteiger partial charge in [-0.05, 0) is 37.2 Å². The molecule has 2 aromatic heterocycles. The molecule has 0 aliphatic rings. The lowest BCUT2D eigenvalue weighted by Gasteiger charge is -2.08. The molecule has 0 atom stereocenters. The number of amides is 1. The quantitative estimate of drug-likeness (QED) is 0.297. The fourth-order valence-electron chi connectivity index (χ4n) is 3.29. The van der Waals surface area contributed by atoms with E-state index in [-0.39, 0.29) is 11.5 Å². The molecule has 0 radical (unpaired) electrons. The second-order valence-electron chi connectivity index (χ2n) is 7.07. The van der Waals surface area contributed by atoms with Gasteiger partial charge in [0.1, 0.15) is 5.01 Å². The lowest BCUT2D eigenvalue weighted by Crippen LogP contribution is -2.22. The molecule has 1 amide bonds. The molecule has 4 aromatic rings. The molecule has 0 spiro atoms. The van der Waals surface area contributed by atoms with Crippen LogP contribution in [0.5, 0.6) is 0 Å². The van der Waals surface area contributed by atoms with Gasteiger partial charge in [0.15, 0.2) is 4.77 Å². The molecule has 0 saturated carbocycles. The number of carbonyl (C=O) groups is 1. The first-order valence-electron chi connectivity index (χ1n) is 10.0. The van der Waals surface area contributed by atoms with Crippen molar-refractivity contribution in [2.24, 2.45) is 0 Å². The van der Waals surface area contributed by atoms with Gasteiger partial charge in [-0.25, -0.2) is 0 Å². The number of rotatable bonds is 8. The first-order chi connectivity index (χ1) is 15.1. The van der Waals surface area contributed by atoms with Crippen LogP contribution in [0.15, 0.2) is 59.4 Å². The van der Waals surface area contributed by atoms with E-state index in [9.17, 15) is 9.59 Å². The first kappa shape index (κ1) is 21.1. The number of hydrogen-bond acceptors (Lipinski definition) is 6. The second-order valence-corrected chi connectivity index (χ2v) is 8.43. The molecular weight excluding hydrogens is 430 g/mol. The van der Waals surface area contributed by atoms with Crippen LogP contribution in [0.25, 0.3) is 21.5 Å². The van der Waals surface area contributed by atoms with Gasteiger partial charge < -0.3 is 10.3 Å². The third-order valence-corrected chi connectivity index (χ3v) is 6.08. The molecule has 2 N–H and O–H groups in total. The Morgan fingerprint density at radius 2 is 1.81 bits per heavy atom. The molecule has 4 rings (SSSR count). The van der Waals surface area contributed by atoms with E-state index in [1.807, 2.05) is 48.5 Å². The van der Waals surface area contributed by atoms with Gasteiger partial charge in [0.2, 0.25) is 11.0 Å². The van der Waals surface area contributed by atoms with Crippen molar-refractivity contribution in [3.8, 4) is 10.6 Å². The summed E-state index contributed by atoms with van der Waals surface area (Å²) >= 11 is 6.68. The highest BCUT2D eigenvalue weighted by atomic mass is 32.1. The molecule has 0 bridgehead atoms. The highest BCUT2D eigenvalue weighted by molar-refractivity contribution is 7.71. The molecule has 31 heavy (non-hydrogen) atoms. The number of hydrogen-bond donors (Lipinski definition) is 2. The Morgan fingerprint density at radius 1 is 1.03 bits per heavy atom. The summed E-state index contributed by atoms with van der Waals surface area (Å²) in [6.45, 7) is 0.525. The minimum atomic E-state index is -0.0871. The predicted octanol–water partition coefficient (Wildman–Crippen LogP) is 4.78. The van der Waals surface area contributed by atoms with Crippen molar-refractivity contribution in [3.63, 3.8) is 0 Å². The Hall–Kier alpha value is -3.17. The number of aromatic nitrogens is 4. The van der Waals surface area contributed by atoms with E-state index in [1.54, 1.807) is 10.6 Å². The van der Waals surface area contributed by atoms with Crippen LogP contribution in [0.1, 0.15) is 25.7 Å². The summed E-state index contributed by atoms with van der Waals surface area (Å²) in [5, 5.41) is 12.9. The average molecular weight is 452 g/mol. The molecule has 158 valence electrons. The topological polar surface area (TPSA) is 92.7 Å². The summed E-state index contributed by atoms with van der Waals surface area (Å²) in [4.78, 5) is 27.9. The summed E-state index contributed by atoms with van der Waals surface area (Å²) < 4.78 is 2.01. The van der Waals surface area contributed by atoms with Crippen molar-refractivity contribution in [3.05, 3.63) is 69.7 Å². The van der Waals surface area contributed by atoms with Gasteiger partial charge in [0.25, 0.3) is 5.56 Å². The summed E-state index contributed by atoms with van der Waals surface area (Å²) in [5.41, 5.74) is 1.64. The zero-order valence-electron chi connectivity index (χ0n) is 16.7. The number of fused-ring (bicyclic) bond motifs is 1. The zero-order chi connectivity index (χ0) is 21.6. The fourth-order valence-corrected chi connectivity index (χ4v) is 4.34. The zero-order valence-corrected chi connectivity index (χ0v) is 18.3. The van der Waals surface area contributed by atoms with Gasteiger partial charge in [0, 0.05) is 18.5 Å². The van der Waals surface area contributed by atoms with Gasteiger partial charge in [0.05, 0.1) is 10.9 Å². The predicted molar refractivity (Wildman–Crippen MR) is 126 cm³/mol. The summed E-state index contributed by atoms with van der Waals surface area (Å²) in [7, 11) is 0. The maximum Gasteiger partial charge on any atom is 0.262 e. The summed E-state index contributed by atoms with van der Waals surface area (Å²) in [5.74, 6) is -0.0871. The molecule has 0 aliphatic heterocycles. The minimum absolute atomic E-state index is 0.0809. The van der Waals surface area contributed by atoms with Crippen molar-refractivity contribution >= 4 is 45.5 Å². The fraction of sp³-hybridized carbons (Fsp3) is 0.227. The van der Waals surface area contributed by atoms with Crippen LogP contribution in [0, 0.1) is 4.77 Å². The average Bonchev–Trinajstić information content (AvgIpc) is 3.24. The van der Waals surface area contributed by atoms with Crippen molar-refractivity contribution in [1.82, 2.24) is 19.7 Å². The standard InChI is InChI=1S/C22H21N5O2S2/c28-18(24-21-26-25-19(31-21)15-9-3-1-4-10-15)13-5-2-8-14-27-20(29)16-11-6-7-12-17(16)23-22(27)30/h1,3-4,6-7,9-12H,2,5,8,13-14H2,(H,23,30)(H,24,26,28). The molecule has 0 saturated heterocycles.